The normalized spacial score (nSPS) is 0. The molecule has 0 unspecified atom stereocenters. The predicted octanol–water partition coefficient (Wildman–Crippen LogP) is -0.478. The molecule has 22 valence electrons. The van der Waals surface area contributed by atoms with Crippen LogP contribution in [0.1, 0.15) is 0 Å². The molecule has 5 heteroatoms. The maximum absolute atomic E-state index is 0. The third kappa shape index (κ3) is 24.4. The van der Waals surface area contributed by atoms with Crippen molar-refractivity contribution in [1.82, 2.24) is 0 Å². The molecule has 0 saturated heterocycles. The SMILES string of the molecule is [Al].[Cr+3].[N-3].[Si].[Ti]. The summed E-state index contributed by atoms with van der Waals surface area (Å²) >= 11 is 0. The van der Waals surface area contributed by atoms with Gasteiger partial charge in [0.05, 0.1) is 0 Å². The van der Waals surface area contributed by atoms with Crippen molar-refractivity contribution >= 4 is 28.3 Å². The van der Waals surface area contributed by atoms with Crippen molar-refractivity contribution in [1.29, 1.82) is 0 Å². The zero-order valence-electron chi connectivity index (χ0n) is 2.43. The first-order chi connectivity index (χ1) is 0. The molecular weight excluding hydrogens is 169 g/mol. The van der Waals surface area contributed by atoms with Crippen LogP contribution < -0.4 is 0 Å². The minimum Gasteiger partial charge on any atom is -3.00 e. The van der Waals surface area contributed by atoms with E-state index in [4.69, 9.17) is 0 Å². The molecule has 0 atom stereocenters. The van der Waals surface area contributed by atoms with Gasteiger partial charge in [-0.3, -0.25) is 0 Å². The number of hydrogen-bond donors (Lipinski definition) is 0. The van der Waals surface area contributed by atoms with Crippen LogP contribution in [0.25, 0.3) is 6.15 Å². The largest absolute Gasteiger partial charge is 3.00 e. The minimum atomic E-state index is 0. The van der Waals surface area contributed by atoms with E-state index in [1.165, 1.54) is 0 Å². The summed E-state index contributed by atoms with van der Waals surface area (Å²) < 4.78 is 0. The standard InChI is InChI=1S/Al.Cr.N.Si.Ti/q;+3;-3;;. The predicted molar refractivity (Wildman–Crippen MR) is 14.9 cm³/mol. The monoisotopic (exact) mass is 169 g/mol. The van der Waals surface area contributed by atoms with Gasteiger partial charge in [0, 0.05) is 50.0 Å². The van der Waals surface area contributed by atoms with Crippen LogP contribution in [0.4, 0.5) is 0 Å². The van der Waals surface area contributed by atoms with E-state index in [-0.39, 0.29) is 73.6 Å². The molecule has 8 radical (unpaired) electrons. The van der Waals surface area contributed by atoms with Crippen LogP contribution in [0.2, 0.25) is 0 Å². The summed E-state index contributed by atoms with van der Waals surface area (Å²) in [6, 6.07) is 0. The van der Waals surface area contributed by atoms with E-state index in [1.807, 2.05) is 0 Å². The maximum Gasteiger partial charge on any atom is 3.00 e. The van der Waals surface area contributed by atoms with Gasteiger partial charge in [-0.05, 0) is 0 Å². The van der Waals surface area contributed by atoms with Crippen molar-refractivity contribution in [3.63, 3.8) is 0 Å². The summed E-state index contributed by atoms with van der Waals surface area (Å²) in [5, 5.41) is 0. The van der Waals surface area contributed by atoms with Gasteiger partial charge in [-0.2, -0.15) is 0 Å². The van der Waals surface area contributed by atoms with Gasteiger partial charge in [0.2, 0.25) is 0 Å². The van der Waals surface area contributed by atoms with E-state index in [2.05, 4.69) is 0 Å². The van der Waals surface area contributed by atoms with Crippen LogP contribution in [-0.2, 0) is 39.1 Å². The number of nitrogens with zero attached hydrogens (tertiary/aromatic N) is 1. The average molecular weight is 169 g/mol. The first-order valence-corrected chi connectivity index (χ1v) is 0. The van der Waals surface area contributed by atoms with Gasteiger partial charge >= 0.3 is 17.4 Å². The molecule has 0 bridgehead atoms. The van der Waals surface area contributed by atoms with Gasteiger partial charge in [0.25, 0.3) is 0 Å². The van der Waals surface area contributed by atoms with Crippen LogP contribution in [0, 0.1) is 0 Å². The summed E-state index contributed by atoms with van der Waals surface area (Å²) in [6.07, 6.45) is 0. The van der Waals surface area contributed by atoms with E-state index in [1.54, 1.807) is 0 Å². The Morgan fingerprint density at radius 1 is 1.00 bits per heavy atom. The zero-order valence-corrected chi connectivity index (χ0v) is 7.42. The molecular formula is AlCrNSiTi. The smallest absolute Gasteiger partial charge is 3.00 e. The third-order valence-electron chi connectivity index (χ3n) is 0. The van der Waals surface area contributed by atoms with Crippen molar-refractivity contribution in [2.24, 2.45) is 0 Å². The Bertz CT molecular complexity index is 11.6. The van der Waals surface area contributed by atoms with E-state index in [0.717, 1.165) is 0 Å². The number of hydrogen-bond acceptors (Lipinski definition) is 0. The molecule has 0 aromatic rings. The maximum atomic E-state index is 0. The summed E-state index contributed by atoms with van der Waals surface area (Å²) in [4.78, 5) is 0. The van der Waals surface area contributed by atoms with Crippen LogP contribution >= 0.6 is 0 Å². The fourth-order valence-corrected chi connectivity index (χ4v) is 0. The third-order valence-corrected chi connectivity index (χ3v) is 0. The van der Waals surface area contributed by atoms with Crippen molar-refractivity contribution in [3.8, 4) is 0 Å². The molecule has 0 aliphatic rings. The second-order valence-electron chi connectivity index (χ2n) is 0. The molecule has 0 rings (SSSR count). The fraction of sp³-hybridized carbons (Fsp3) is 0. The molecule has 0 N–H and O–H groups in total. The summed E-state index contributed by atoms with van der Waals surface area (Å²) in [6.45, 7) is 0. The molecule has 5 heavy (non-hydrogen) atoms. The van der Waals surface area contributed by atoms with Gasteiger partial charge in [-0.1, -0.05) is 0 Å². The van der Waals surface area contributed by atoms with Gasteiger partial charge in [-0.25, -0.2) is 0 Å². The topological polar surface area (TPSA) is 30.5 Å². The molecule has 0 aliphatic heterocycles. The Morgan fingerprint density at radius 2 is 1.00 bits per heavy atom. The second kappa shape index (κ2) is 38.2. The molecule has 0 aromatic carbocycles. The average Bonchev–Trinajstić information content (AvgIpc) is 0. The van der Waals surface area contributed by atoms with Crippen LogP contribution in [0.5, 0.6) is 0 Å². The Balaban J connectivity index is 0. The molecule has 0 amide bonds. The second-order valence-corrected chi connectivity index (χ2v) is 0. The van der Waals surface area contributed by atoms with Crippen LogP contribution in [-0.4, -0.2) is 28.3 Å². The van der Waals surface area contributed by atoms with Gasteiger partial charge in [-0.15, -0.1) is 0 Å². The van der Waals surface area contributed by atoms with Gasteiger partial charge in [0.1, 0.15) is 0 Å². The van der Waals surface area contributed by atoms with Crippen LogP contribution in [0.15, 0.2) is 0 Å². The van der Waals surface area contributed by atoms with Gasteiger partial charge in [0.15, 0.2) is 0 Å². The molecule has 0 fully saturated rings. The van der Waals surface area contributed by atoms with Crippen molar-refractivity contribution in [2.75, 3.05) is 0 Å². The molecule has 0 heterocycles. The minimum absolute atomic E-state index is 0. The first-order valence-electron chi connectivity index (χ1n) is 0. The van der Waals surface area contributed by atoms with E-state index >= 15 is 0 Å². The van der Waals surface area contributed by atoms with E-state index < -0.39 is 0 Å². The van der Waals surface area contributed by atoms with Crippen molar-refractivity contribution < 1.29 is 39.1 Å². The summed E-state index contributed by atoms with van der Waals surface area (Å²) in [7, 11) is 0. The Hall–Kier alpha value is 1.96. The Kier molecular flexibility index (Phi) is 493. The summed E-state index contributed by atoms with van der Waals surface area (Å²) in [5.74, 6) is 0. The molecule has 0 spiro atoms. The van der Waals surface area contributed by atoms with Crippen molar-refractivity contribution in [3.05, 3.63) is 6.15 Å². The Labute approximate surface area is 73.0 Å². The molecule has 1 nitrogen and oxygen atoms in total. The van der Waals surface area contributed by atoms with E-state index in [0.29, 0.717) is 0 Å². The zero-order chi connectivity index (χ0) is 0. The number of rotatable bonds is 0. The Morgan fingerprint density at radius 3 is 1.00 bits per heavy atom. The van der Waals surface area contributed by atoms with Crippen LogP contribution in [0.3, 0.4) is 0 Å². The first kappa shape index (κ1) is 64.5. The van der Waals surface area contributed by atoms with E-state index in [9.17, 15) is 0 Å². The molecule has 0 aromatic heterocycles. The molecule has 0 saturated carbocycles. The fourth-order valence-electron chi connectivity index (χ4n) is 0. The quantitative estimate of drug-likeness (QED) is 0.438. The van der Waals surface area contributed by atoms with Gasteiger partial charge < -0.3 is 6.15 Å². The molecule has 0 aliphatic carbocycles. The van der Waals surface area contributed by atoms with Crippen molar-refractivity contribution in [2.45, 2.75) is 0 Å². The summed E-state index contributed by atoms with van der Waals surface area (Å²) in [5.41, 5.74) is 0.